The molecular formula is C18H17ClN4O4S2. The van der Waals surface area contributed by atoms with Crippen molar-refractivity contribution >= 4 is 44.0 Å². The molecular weight excluding hydrogens is 436 g/mol. The second-order valence-electron chi connectivity index (χ2n) is 5.92. The maximum absolute atomic E-state index is 12.7. The Balaban J connectivity index is 1.73. The molecule has 0 aliphatic rings. The van der Waals surface area contributed by atoms with Crippen LogP contribution in [0.5, 0.6) is 5.75 Å². The second-order valence-corrected chi connectivity index (χ2v) is 9.22. The molecule has 1 aromatic heterocycles. The number of benzene rings is 2. The summed E-state index contributed by atoms with van der Waals surface area (Å²) in [6.45, 7) is 1.69. The van der Waals surface area contributed by atoms with E-state index in [1.54, 1.807) is 55.5 Å². The molecule has 0 aliphatic carbocycles. The van der Waals surface area contributed by atoms with Crippen molar-refractivity contribution in [2.24, 2.45) is 0 Å². The van der Waals surface area contributed by atoms with E-state index >= 15 is 0 Å². The van der Waals surface area contributed by atoms with Crippen molar-refractivity contribution < 1.29 is 17.9 Å². The average molecular weight is 453 g/mol. The Morgan fingerprint density at radius 3 is 2.52 bits per heavy atom. The van der Waals surface area contributed by atoms with Crippen molar-refractivity contribution in [1.29, 1.82) is 0 Å². The van der Waals surface area contributed by atoms with Crippen LogP contribution in [0.25, 0.3) is 0 Å². The number of hydrogen-bond donors (Lipinski definition) is 2. The molecule has 8 nitrogen and oxygen atoms in total. The molecule has 1 heterocycles. The van der Waals surface area contributed by atoms with Gasteiger partial charge in [-0.25, -0.2) is 13.1 Å². The number of aromatic nitrogens is 2. The number of methoxy groups -OCH3 is 1. The van der Waals surface area contributed by atoms with Gasteiger partial charge in [0.15, 0.2) is 0 Å². The topological polar surface area (TPSA) is 110 Å². The lowest BCUT2D eigenvalue weighted by atomic mass is 10.1. The van der Waals surface area contributed by atoms with Gasteiger partial charge < -0.3 is 4.74 Å². The maximum atomic E-state index is 12.7. The molecule has 0 saturated carbocycles. The quantitative estimate of drug-likeness (QED) is 0.531. The summed E-state index contributed by atoms with van der Waals surface area (Å²) < 4.78 is 32.9. The van der Waals surface area contributed by atoms with E-state index in [9.17, 15) is 13.2 Å². The highest BCUT2D eigenvalue weighted by Crippen LogP contribution is 2.27. The molecule has 0 spiro atoms. The van der Waals surface area contributed by atoms with Crippen molar-refractivity contribution in [1.82, 2.24) is 14.9 Å². The van der Waals surface area contributed by atoms with E-state index < -0.39 is 22.0 Å². The molecule has 152 valence electrons. The molecule has 2 N–H and O–H groups in total. The summed E-state index contributed by atoms with van der Waals surface area (Å²) in [6, 6.07) is 12.8. The Morgan fingerprint density at radius 1 is 1.14 bits per heavy atom. The Bertz CT molecular complexity index is 1120. The number of ether oxygens (including phenoxy) is 1. The Labute approximate surface area is 176 Å². The maximum Gasteiger partial charge on any atom is 0.270 e. The normalized spacial score (nSPS) is 12.4. The highest BCUT2D eigenvalue weighted by molar-refractivity contribution is 7.91. The van der Waals surface area contributed by atoms with Crippen LogP contribution in [0, 0.1) is 0 Å². The van der Waals surface area contributed by atoms with Gasteiger partial charge in [-0.05, 0) is 37.3 Å². The summed E-state index contributed by atoms with van der Waals surface area (Å²) >= 11 is 6.55. The van der Waals surface area contributed by atoms with Crippen molar-refractivity contribution in [2.75, 3.05) is 12.4 Å². The fourth-order valence-electron chi connectivity index (χ4n) is 2.51. The van der Waals surface area contributed by atoms with E-state index in [-0.39, 0.29) is 9.47 Å². The zero-order valence-corrected chi connectivity index (χ0v) is 17.8. The first-order chi connectivity index (χ1) is 13.8. The second kappa shape index (κ2) is 8.87. The van der Waals surface area contributed by atoms with Gasteiger partial charge >= 0.3 is 0 Å². The van der Waals surface area contributed by atoms with Gasteiger partial charge in [-0.2, -0.15) is 0 Å². The molecule has 0 fully saturated rings. The molecule has 0 aliphatic heterocycles. The fourth-order valence-corrected chi connectivity index (χ4v) is 4.77. The number of anilines is 1. The largest absolute Gasteiger partial charge is 0.496 e. The number of carbonyl (C=O) groups excluding carboxylic acids is 1. The molecule has 3 rings (SSSR count). The summed E-state index contributed by atoms with van der Waals surface area (Å²) in [5.74, 6) is 0.119. The number of nitrogens with one attached hydrogen (secondary N) is 2. The minimum Gasteiger partial charge on any atom is -0.496 e. The van der Waals surface area contributed by atoms with Gasteiger partial charge in [0.1, 0.15) is 5.75 Å². The first-order valence-corrected chi connectivity index (χ1v) is 11.0. The van der Waals surface area contributed by atoms with Gasteiger partial charge in [-0.15, -0.1) is 10.2 Å². The smallest absolute Gasteiger partial charge is 0.270 e. The monoisotopic (exact) mass is 452 g/mol. The van der Waals surface area contributed by atoms with Crippen LogP contribution < -0.4 is 14.8 Å². The molecule has 0 unspecified atom stereocenters. The van der Waals surface area contributed by atoms with Gasteiger partial charge in [0.2, 0.25) is 9.47 Å². The molecule has 1 amide bonds. The first kappa shape index (κ1) is 21.2. The average Bonchev–Trinajstić information content (AvgIpc) is 3.17. The third-order valence-electron chi connectivity index (χ3n) is 3.90. The molecule has 0 saturated heterocycles. The Morgan fingerprint density at radius 2 is 1.83 bits per heavy atom. The van der Waals surface area contributed by atoms with Crippen LogP contribution >= 0.6 is 22.9 Å². The molecule has 11 heteroatoms. The van der Waals surface area contributed by atoms with Crippen LogP contribution in [0.15, 0.2) is 52.9 Å². The molecule has 1 atom stereocenters. The van der Waals surface area contributed by atoms with E-state index in [0.29, 0.717) is 21.9 Å². The minimum absolute atomic E-state index is 0.0651. The summed E-state index contributed by atoms with van der Waals surface area (Å²) in [5, 5.41) is 10.5. The van der Waals surface area contributed by atoms with Crippen LogP contribution in [0.3, 0.4) is 0 Å². The Kier molecular flexibility index (Phi) is 6.48. The zero-order valence-electron chi connectivity index (χ0n) is 15.4. The molecule has 0 bridgehead atoms. The van der Waals surface area contributed by atoms with Crippen LogP contribution in [-0.2, 0) is 10.0 Å². The van der Waals surface area contributed by atoms with E-state index in [4.69, 9.17) is 16.3 Å². The predicted octanol–water partition coefficient (Wildman–Crippen LogP) is 3.49. The van der Waals surface area contributed by atoms with Crippen LogP contribution in [0.2, 0.25) is 5.02 Å². The van der Waals surface area contributed by atoms with Gasteiger partial charge in [-0.3, -0.25) is 10.1 Å². The standard InChI is InChI=1S/C18H17ClN4O4S2/c1-11(14-5-3-4-6-15(14)27-2)23-29(25,26)18-22-21-17(28-18)20-16(24)12-7-9-13(19)10-8-12/h3-11,23H,1-2H3,(H,20,21,24)/t11-/m0/s1. The third kappa shape index (κ3) is 5.10. The fraction of sp³-hybridized carbons (Fsp3) is 0.167. The predicted molar refractivity (Wildman–Crippen MR) is 111 cm³/mol. The van der Waals surface area contributed by atoms with Crippen LogP contribution in [0.1, 0.15) is 28.9 Å². The zero-order chi connectivity index (χ0) is 21.0. The third-order valence-corrected chi connectivity index (χ3v) is 6.90. The molecule has 29 heavy (non-hydrogen) atoms. The van der Waals surface area contributed by atoms with E-state index in [2.05, 4.69) is 20.2 Å². The van der Waals surface area contributed by atoms with Gasteiger partial charge in [0, 0.05) is 22.2 Å². The lowest BCUT2D eigenvalue weighted by molar-refractivity contribution is 0.102. The Hall–Kier alpha value is -2.53. The number of rotatable bonds is 7. The number of sulfonamides is 1. The lowest BCUT2D eigenvalue weighted by Gasteiger charge is -2.16. The van der Waals surface area contributed by atoms with Gasteiger partial charge in [-0.1, -0.05) is 41.1 Å². The van der Waals surface area contributed by atoms with E-state index in [0.717, 1.165) is 11.3 Å². The van der Waals surface area contributed by atoms with E-state index in [1.165, 1.54) is 7.11 Å². The lowest BCUT2D eigenvalue weighted by Crippen LogP contribution is -2.27. The number of halogens is 1. The van der Waals surface area contributed by atoms with Crippen LogP contribution in [-0.4, -0.2) is 31.6 Å². The SMILES string of the molecule is COc1ccccc1[C@H](C)NS(=O)(=O)c1nnc(NC(=O)c2ccc(Cl)cc2)s1. The molecule has 3 aromatic rings. The van der Waals surface area contributed by atoms with Gasteiger partial charge in [0.05, 0.1) is 7.11 Å². The van der Waals surface area contributed by atoms with Gasteiger partial charge in [0.25, 0.3) is 15.9 Å². The summed E-state index contributed by atoms with van der Waals surface area (Å²) in [6.07, 6.45) is 0. The van der Waals surface area contributed by atoms with E-state index in [1.807, 2.05) is 0 Å². The summed E-state index contributed by atoms with van der Waals surface area (Å²) in [4.78, 5) is 12.2. The van der Waals surface area contributed by atoms with Crippen molar-refractivity contribution in [3.05, 3.63) is 64.7 Å². The number of nitrogens with zero attached hydrogens (tertiary/aromatic N) is 2. The highest BCUT2D eigenvalue weighted by Gasteiger charge is 2.25. The molecule has 2 aromatic carbocycles. The van der Waals surface area contributed by atoms with Crippen molar-refractivity contribution in [2.45, 2.75) is 17.3 Å². The molecule has 0 radical (unpaired) electrons. The van der Waals surface area contributed by atoms with Crippen molar-refractivity contribution in [3.63, 3.8) is 0 Å². The summed E-state index contributed by atoms with van der Waals surface area (Å²) in [5.41, 5.74) is 1.04. The first-order valence-electron chi connectivity index (χ1n) is 8.36. The number of amides is 1. The minimum atomic E-state index is -3.95. The number of para-hydroxylation sites is 1. The number of hydrogen-bond acceptors (Lipinski definition) is 7. The van der Waals surface area contributed by atoms with Crippen molar-refractivity contribution in [3.8, 4) is 5.75 Å². The number of carbonyl (C=O) groups is 1. The van der Waals surface area contributed by atoms with Crippen LogP contribution in [0.4, 0.5) is 5.13 Å². The summed E-state index contributed by atoms with van der Waals surface area (Å²) in [7, 11) is -2.43. The highest BCUT2D eigenvalue weighted by atomic mass is 35.5.